The largest absolute Gasteiger partial charge is 0.375 e. The predicted molar refractivity (Wildman–Crippen MR) is 120 cm³/mol. The molecule has 1 saturated carbocycles. The van der Waals surface area contributed by atoms with Crippen molar-refractivity contribution in [3.8, 4) is 0 Å². The van der Waals surface area contributed by atoms with E-state index in [2.05, 4.69) is 10.6 Å². The van der Waals surface area contributed by atoms with Gasteiger partial charge in [0, 0.05) is 18.5 Å². The van der Waals surface area contributed by atoms with E-state index in [1.165, 1.54) is 7.11 Å². The lowest BCUT2D eigenvalue weighted by molar-refractivity contribution is -0.120. The molecule has 2 N–H and O–H groups in total. The molecule has 7 nitrogen and oxygen atoms in total. The number of sulfone groups is 1. The fourth-order valence-electron chi connectivity index (χ4n) is 4.02. The maximum Gasteiger partial charge on any atom is 0.250 e. The smallest absolute Gasteiger partial charge is 0.250 e. The summed E-state index contributed by atoms with van der Waals surface area (Å²) >= 11 is 0. The number of carbonyl (C=O) groups is 2. The minimum Gasteiger partial charge on any atom is -0.375 e. The molecule has 0 spiro atoms. The van der Waals surface area contributed by atoms with Gasteiger partial charge < -0.3 is 15.4 Å². The molecule has 31 heavy (non-hydrogen) atoms. The Balaban J connectivity index is 1.91. The van der Waals surface area contributed by atoms with Crippen LogP contribution in [0.1, 0.15) is 36.8 Å². The van der Waals surface area contributed by atoms with Crippen molar-refractivity contribution < 1.29 is 22.7 Å². The Hall–Kier alpha value is -2.71. The molecule has 0 atom stereocenters. The Morgan fingerprint density at radius 1 is 1.00 bits per heavy atom. The summed E-state index contributed by atoms with van der Waals surface area (Å²) in [5, 5.41) is 5.45. The zero-order chi connectivity index (χ0) is 22.6. The summed E-state index contributed by atoms with van der Waals surface area (Å²) in [6.45, 7) is 3.50. The quantitative estimate of drug-likeness (QED) is 0.679. The van der Waals surface area contributed by atoms with Gasteiger partial charge in [-0.05, 0) is 62.1 Å². The molecule has 2 aromatic carbocycles. The highest BCUT2D eigenvalue weighted by Gasteiger charge is 2.53. The standard InChI is InChI=1S/C23H28N2O5S/c1-16-9-10-17(2)20(13-16)31(28,29)23(11-4-5-12-23)22(27)25-19-8-6-7-18(14-19)24-21(26)15-30-3/h6-10,13-14H,4-5,11-12,15H2,1-3H3,(H,24,26)(H,25,27). The number of hydrogen-bond donors (Lipinski definition) is 2. The summed E-state index contributed by atoms with van der Waals surface area (Å²) in [5.74, 6) is -0.859. The van der Waals surface area contributed by atoms with E-state index in [1.807, 2.05) is 13.0 Å². The highest BCUT2D eigenvalue weighted by atomic mass is 32.2. The van der Waals surface area contributed by atoms with E-state index in [-0.39, 0.29) is 30.3 Å². The molecule has 0 bridgehead atoms. The number of methoxy groups -OCH3 is 1. The van der Waals surface area contributed by atoms with Crippen LogP contribution in [0.4, 0.5) is 11.4 Å². The molecule has 2 aromatic rings. The van der Waals surface area contributed by atoms with Crippen LogP contribution in [0, 0.1) is 13.8 Å². The molecule has 166 valence electrons. The van der Waals surface area contributed by atoms with Gasteiger partial charge in [-0.15, -0.1) is 0 Å². The topological polar surface area (TPSA) is 102 Å². The lowest BCUT2D eigenvalue weighted by Gasteiger charge is -2.28. The fourth-order valence-corrected chi connectivity index (χ4v) is 6.39. The maximum atomic E-state index is 13.7. The average molecular weight is 445 g/mol. The van der Waals surface area contributed by atoms with E-state index in [0.29, 0.717) is 29.8 Å². The second kappa shape index (κ2) is 9.20. The van der Waals surface area contributed by atoms with Gasteiger partial charge >= 0.3 is 0 Å². The van der Waals surface area contributed by atoms with Gasteiger partial charge in [0.05, 0.1) is 4.90 Å². The summed E-state index contributed by atoms with van der Waals surface area (Å²) in [6, 6.07) is 11.9. The Morgan fingerprint density at radius 2 is 1.65 bits per heavy atom. The Morgan fingerprint density at radius 3 is 2.29 bits per heavy atom. The highest BCUT2D eigenvalue weighted by molar-refractivity contribution is 7.93. The van der Waals surface area contributed by atoms with Crippen molar-refractivity contribution in [1.29, 1.82) is 0 Å². The molecular formula is C23H28N2O5S. The van der Waals surface area contributed by atoms with E-state index >= 15 is 0 Å². The average Bonchev–Trinajstić information content (AvgIpc) is 3.22. The number of rotatable bonds is 7. The number of hydrogen-bond acceptors (Lipinski definition) is 5. The summed E-state index contributed by atoms with van der Waals surface area (Å²) in [7, 11) is -2.48. The van der Waals surface area contributed by atoms with Crippen molar-refractivity contribution in [2.45, 2.75) is 49.2 Å². The van der Waals surface area contributed by atoms with E-state index in [4.69, 9.17) is 4.74 Å². The summed E-state index contributed by atoms with van der Waals surface area (Å²) in [6.07, 6.45) is 1.90. The van der Waals surface area contributed by atoms with Crippen molar-refractivity contribution in [3.63, 3.8) is 0 Å². The zero-order valence-corrected chi connectivity index (χ0v) is 18.8. The molecule has 0 radical (unpaired) electrons. The minimum atomic E-state index is -3.91. The molecular weight excluding hydrogens is 416 g/mol. The maximum absolute atomic E-state index is 13.7. The first kappa shape index (κ1) is 23.0. The van der Waals surface area contributed by atoms with Crippen LogP contribution in [0.25, 0.3) is 0 Å². The number of nitrogens with one attached hydrogen (secondary N) is 2. The number of aryl methyl sites for hydroxylation is 2. The molecule has 3 rings (SSSR count). The van der Waals surface area contributed by atoms with Crippen molar-refractivity contribution in [3.05, 3.63) is 53.6 Å². The summed E-state index contributed by atoms with van der Waals surface area (Å²) < 4.78 is 30.7. The van der Waals surface area contributed by atoms with E-state index in [1.54, 1.807) is 43.3 Å². The van der Waals surface area contributed by atoms with Gasteiger partial charge in [0.15, 0.2) is 14.6 Å². The van der Waals surface area contributed by atoms with Gasteiger partial charge in [0.1, 0.15) is 6.61 Å². The first-order valence-corrected chi connectivity index (χ1v) is 11.7. The monoisotopic (exact) mass is 444 g/mol. The van der Waals surface area contributed by atoms with Crippen LogP contribution in [-0.2, 0) is 24.2 Å². The van der Waals surface area contributed by atoms with Crippen LogP contribution in [0.2, 0.25) is 0 Å². The molecule has 1 fully saturated rings. The van der Waals surface area contributed by atoms with E-state index in [0.717, 1.165) is 5.56 Å². The molecule has 0 unspecified atom stereocenters. The molecule has 1 aliphatic rings. The number of anilines is 2. The van der Waals surface area contributed by atoms with Crippen molar-refractivity contribution >= 4 is 33.0 Å². The third-order valence-electron chi connectivity index (χ3n) is 5.65. The number of carbonyl (C=O) groups excluding carboxylic acids is 2. The first-order chi connectivity index (χ1) is 14.7. The third kappa shape index (κ3) is 4.65. The Labute approximate surface area is 183 Å². The van der Waals surface area contributed by atoms with Crippen LogP contribution in [0.15, 0.2) is 47.4 Å². The number of amides is 2. The van der Waals surface area contributed by atoms with Gasteiger partial charge in [0.25, 0.3) is 0 Å². The van der Waals surface area contributed by atoms with Crippen LogP contribution in [0.3, 0.4) is 0 Å². The molecule has 2 amide bonds. The van der Waals surface area contributed by atoms with Crippen molar-refractivity contribution in [2.24, 2.45) is 0 Å². The van der Waals surface area contributed by atoms with Crippen molar-refractivity contribution in [1.82, 2.24) is 0 Å². The van der Waals surface area contributed by atoms with Crippen LogP contribution in [-0.4, -0.2) is 38.7 Å². The summed E-state index contributed by atoms with van der Waals surface area (Å²) in [4.78, 5) is 25.4. The molecule has 0 saturated heterocycles. The van der Waals surface area contributed by atoms with Gasteiger partial charge in [-0.2, -0.15) is 0 Å². The lowest BCUT2D eigenvalue weighted by Crippen LogP contribution is -2.47. The molecule has 1 aliphatic carbocycles. The van der Waals surface area contributed by atoms with Gasteiger partial charge in [0.2, 0.25) is 11.8 Å². The predicted octanol–water partition coefficient (Wildman–Crippen LogP) is 3.61. The SMILES string of the molecule is COCC(=O)Nc1cccc(NC(=O)C2(S(=O)(=O)c3cc(C)ccc3C)CCCC2)c1. The van der Waals surface area contributed by atoms with E-state index in [9.17, 15) is 18.0 Å². The highest BCUT2D eigenvalue weighted by Crippen LogP contribution is 2.42. The van der Waals surface area contributed by atoms with Crippen molar-refractivity contribution in [2.75, 3.05) is 24.4 Å². The number of benzene rings is 2. The normalized spacial score (nSPS) is 15.5. The lowest BCUT2D eigenvalue weighted by atomic mass is 10.1. The van der Waals surface area contributed by atoms with Crippen LogP contribution >= 0.6 is 0 Å². The summed E-state index contributed by atoms with van der Waals surface area (Å²) in [5.41, 5.74) is 2.37. The van der Waals surface area contributed by atoms with Gasteiger partial charge in [-0.25, -0.2) is 8.42 Å². The number of ether oxygens (including phenoxy) is 1. The molecule has 8 heteroatoms. The van der Waals surface area contributed by atoms with Crippen LogP contribution < -0.4 is 10.6 Å². The second-order valence-electron chi connectivity index (χ2n) is 7.99. The third-order valence-corrected chi connectivity index (χ3v) is 8.29. The first-order valence-electron chi connectivity index (χ1n) is 10.2. The second-order valence-corrected chi connectivity index (χ2v) is 10.2. The van der Waals surface area contributed by atoms with E-state index < -0.39 is 20.5 Å². The zero-order valence-electron chi connectivity index (χ0n) is 18.0. The minimum absolute atomic E-state index is 0.0895. The Kier molecular flexibility index (Phi) is 6.81. The fraction of sp³-hybridized carbons (Fsp3) is 0.391. The molecule has 0 aromatic heterocycles. The molecule has 0 aliphatic heterocycles. The van der Waals surface area contributed by atoms with Gasteiger partial charge in [-0.3, -0.25) is 9.59 Å². The van der Waals surface area contributed by atoms with Gasteiger partial charge in [-0.1, -0.05) is 31.0 Å². The Bertz CT molecular complexity index is 1090. The molecule has 0 heterocycles. The van der Waals surface area contributed by atoms with Crippen LogP contribution in [0.5, 0.6) is 0 Å².